The van der Waals surface area contributed by atoms with E-state index in [1.165, 1.54) is 60.1 Å². The van der Waals surface area contributed by atoms with Gasteiger partial charge < -0.3 is 13.9 Å². The van der Waals surface area contributed by atoms with Crippen LogP contribution in [0.4, 0.5) is 17.1 Å². The summed E-state index contributed by atoms with van der Waals surface area (Å²) < 4.78 is 8.90. The first-order valence-electron chi connectivity index (χ1n) is 20.2. The highest BCUT2D eigenvalue weighted by molar-refractivity contribution is 6.16. The minimum absolute atomic E-state index is 0.864. The average Bonchev–Trinajstić information content (AvgIpc) is 3.84. The molecule has 276 valence electrons. The molecular weight excluding hydrogens is 717 g/mol. The van der Waals surface area contributed by atoms with Crippen LogP contribution in [0, 0.1) is 0 Å². The third-order valence-electron chi connectivity index (χ3n) is 11.9. The van der Waals surface area contributed by atoms with E-state index in [2.05, 4.69) is 222 Å². The van der Waals surface area contributed by atoms with Crippen LogP contribution in [0.25, 0.3) is 93.2 Å². The van der Waals surface area contributed by atoms with E-state index in [0.29, 0.717) is 0 Å². The molecular formula is C56H36N2O. The first-order chi connectivity index (χ1) is 29.2. The maximum Gasteiger partial charge on any atom is 0.137 e. The molecule has 3 nitrogen and oxygen atoms in total. The first-order valence-corrected chi connectivity index (χ1v) is 20.2. The van der Waals surface area contributed by atoms with Gasteiger partial charge in [0.2, 0.25) is 0 Å². The van der Waals surface area contributed by atoms with E-state index in [1.807, 2.05) is 6.07 Å². The van der Waals surface area contributed by atoms with Crippen LogP contribution in [-0.4, -0.2) is 4.57 Å². The summed E-state index contributed by atoms with van der Waals surface area (Å²) in [6.07, 6.45) is 0. The molecule has 0 aliphatic carbocycles. The van der Waals surface area contributed by atoms with Gasteiger partial charge in [-0.2, -0.15) is 0 Å². The predicted molar refractivity (Wildman–Crippen MR) is 249 cm³/mol. The highest BCUT2D eigenvalue weighted by atomic mass is 16.3. The van der Waals surface area contributed by atoms with Gasteiger partial charge in [0, 0.05) is 33.2 Å². The van der Waals surface area contributed by atoms with Gasteiger partial charge in [0.1, 0.15) is 11.2 Å². The van der Waals surface area contributed by atoms with E-state index >= 15 is 0 Å². The highest BCUT2D eigenvalue weighted by Crippen LogP contribution is 2.45. The minimum Gasteiger partial charge on any atom is -0.456 e. The Morgan fingerprint density at radius 2 is 1.00 bits per heavy atom. The summed E-state index contributed by atoms with van der Waals surface area (Å²) in [5.74, 6) is 0. The van der Waals surface area contributed by atoms with Crippen molar-refractivity contribution in [2.45, 2.75) is 0 Å². The minimum atomic E-state index is 0.864. The van der Waals surface area contributed by atoms with E-state index < -0.39 is 0 Å². The lowest BCUT2D eigenvalue weighted by molar-refractivity contribution is 0.669. The molecule has 0 saturated heterocycles. The lowest BCUT2D eigenvalue weighted by Crippen LogP contribution is -2.10. The number of anilines is 3. The van der Waals surface area contributed by atoms with Gasteiger partial charge in [-0.15, -0.1) is 0 Å². The molecule has 2 heterocycles. The summed E-state index contributed by atoms with van der Waals surface area (Å²) in [6.45, 7) is 0. The van der Waals surface area contributed by atoms with Gasteiger partial charge in [-0.05, 0) is 117 Å². The van der Waals surface area contributed by atoms with Gasteiger partial charge in [-0.1, -0.05) is 146 Å². The van der Waals surface area contributed by atoms with E-state index in [4.69, 9.17) is 4.42 Å². The Hall–Kier alpha value is -7.88. The predicted octanol–water partition coefficient (Wildman–Crippen LogP) is 15.8. The topological polar surface area (TPSA) is 21.3 Å². The molecule has 3 heteroatoms. The van der Waals surface area contributed by atoms with Crippen LogP contribution < -0.4 is 4.90 Å². The fourth-order valence-corrected chi connectivity index (χ4v) is 9.20. The number of fused-ring (bicyclic) bond motifs is 8. The fraction of sp³-hybridized carbons (Fsp3) is 0. The van der Waals surface area contributed by atoms with Crippen LogP contribution in [0.3, 0.4) is 0 Å². The Bertz CT molecular complexity index is 3550. The van der Waals surface area contributed by atoms with E-state index in [9.17, 15) is 0 Å². The average molecular weight is 753 g/mol. The van der Waals surface area contributed by atoms with Crippen LogP contribution in [0.2, 0.25) is 0 Å². The van der Waals surface area contributed by atoms with Crippen LogP contribution in [-0.2, 0) is 0 Å². The molecule has 12 rings (SSSR count). The van der Waals surface area contributed by atoms with Crippen molar-refractivity contribution in [1.82, 2.24) is 4.57 Å². The zero-order valence-electron chi connectivity index (χ0n) is 32.1. The second-order valence-corrected chi connectivity index (χ2v) is 15.3. The normalized spacial score (nSPS) is 11.7. The Labute approximate surface area is 341 Å². The van der Waals surface area contributed by atoms with Crippen molar-refractivity contribution >= 4 is 82.4 Å². The molecule has 59 heavy (non-hydrogen) atoms. The largest absolute Gasteiger partial charge is 0.456 e. The van der Waals surface area contributed by atoms with Gasteiger partial charge in [0.15, 0.2) is 0 Å². The summed E-state index contributed by atoms with van der Waals surface area (Å²) in [5, 5.41) is 9.51. The molecule has 0 bridgehead atoms. The summed E-state index contributed by atoms with van der Waals surface area (Å²) in [5.41, 5.74) is 13.2. The van der Waals surface area contributed by atoms with Gasteiger partial charge in [-0.25, -0.2) is 0 Å². The number of benzene rings is 10. The third kappa shape index (κ3) is 5.44. The molecule has 2 aromatic heterocycles. The van der Waals surface area contributed by atoms with Crippen molar-refractivity contribution in [2.75, 3.05) is 4.90 Å². The summed E-state index contributed by atoms with van der Waals surface area (Å²) >= 11 is 0. The summed E-state index contributed by atoms with van der Waals surface area (Å²) in [6, 6.07) is 78.8. The fourth-order valence-electron chi connectivity index (χ4n) is 9.20. The molecule has 12 aromatic rings. The Balaban J connectivity index is 1.10. The zero-order chi connectivity index (χ0) is 38.9. The second-order valence-electron chi connectivity index (χ2n) is 15.3. The number of nitrogens with zero attached hydrogens (tertiary/aromatic N) is 2. The van der Waals surface area contributed by atoms with E-state index in [-0.39, 0.29) is 0 Å². The van der Waals surface area contributed by atoms with Crippen molar-refractivity contribution in [3.05, 3.63) is 218 Å². The Morgan fingerprint density at radius 3 is 1.86 bits per heavy atom. The second kappa shape index (κ2) is 13.4. The Morgan fingerprint density at radius 1 is 0.356 bits per heavy atom. The maximum absolute atomic E-state index is 6.47. The number of hydrogen-bond acceptors (Lipinski definition) is 2. The van der Waals surface area contributed by atoms with E-state index in [0.717, 1.165) is 50.2 Å². The SMILES string of the molecule is c1ccc(-c2cccc(-n3c4ccc(N(c5ccc(-c6cccc7ccccc67)cc5)c5cccc6oc7ccccc7c56)cc4c4cc5ccccc5cc43)c2)cc1. The van der Waals surface area contributed by atoms with Crippen LogP contribution in [0.5, 0.6) is 0 Å². The Kier molecular flexibility index (Phi) is 7.54. The monoisotopic (exact) mass is 752 g/mol. The lowest BCUT2D eigenvalue weighted by Gasteiger charge is -2.27. The first kappa shape index (κ1) is 33.3. The van der Waals surface area contributed by atoms with Crippen LogP contribution in [0.15, 0.2) is 223 Å². The van der Waals surface area contributed by atoms with E-state index in [1.54, 1.807) is 0 Å². The summed E-state index contributed by atoms with van der Waals surface area (Å²) in [7, 11) is 0. The van der Waals surface area contributed by atoms with Gasteiger partial charge >= 0.3 is 0 Å². The number of rotatable bonds is 6. The van der Waals surface area contributed by atoms with Crippen molar-refractivity contribution in [1.29, 1.82) is 0 Å². The van der Waals surface area contributed by atoms with Crippen LogP contribution >= 0.6 is 0 Å². The molecule has 0 aliphatic heterocycles. The molecule has 0 amide bonds. The summed E-state index contributed by atoms with van der Waals surface area (Å²) in [4.78, 5) is 2.40. The van der Waals surface area contributed by atoms with Crippen LogP contribution in [0.1, 0.15) is 0 Å². The highest BCUT2D eigenvalue weighted by Gasteiger charge is 2.22. The number of hydrogen-bond donors (Lipinski definition) is 0. The zero-order valence-corrected chi connectivity index (χ0v) is 32.1. The quantitative estimate of drug-likeness (QED) is 0.169. The number of aromatic nitrogens is 1. The number of para-hydroxylation sites is 1. The van der Waals surface area contributed by atoms with Crippen molar-refractivity contribution in [3.8, 4) is 27.9 Å². The molecule has 0 N–H and O–H groups in total. The molecule has 0 atom stereocenters. The smallest absolute Gasteiger partial charge is 0.137 e. The third-order valence-corrected chi connectivity index (χ3v) is 11.9. The molecule has 0 aliphatic rings. The van der Waals surface area contributed by atoms with Crippen molar-refractivity contribution in [3.63, 3.8) is 0 Å². The lowest BCUT2D eigenvalue weighted by atomic mass is 9.98. The standard InChI is InChI=1S/C56H36N2O/c1-2-13-37(14-3-1)40-19-10-20-44(33-40)58-51-32-31-45(36-50(51)49-34-41-16-4-5-17-42(41)35-53(49)58)57(52-24-12-26-55-56(52)48-22-8-9-25-54(48)59-55)43-29-27-39(28-30-43)47-23-11-18-38-15-6-7-21-46(38)47/h1-36H. The van der Waals surface area contributed by atoms with Crippen molar-refractivity contribution in [2.24, 2.45) is 0 Å². The molecule has 0 unspecified atom stereocenters. The molecule has 0 radical (unpaired) electrons. The van der Waals surface area contributed by atoms with Crippen molar-refractivity contribution < 1.29 is 4.42 Å². The molecule has 0 saturated carbocycles. The van der Waals surface area contributed by atoms with Gasteiger partial charge in [0.25, 0.3) is 0 Å². The molecule has 0 fully saturated rings. The molecule has 0 spiro atoms. The number of furan rings is 1. The van der Waals surface area contributed by atoms with Gasteiger partial charge in [-0.3, -0.25) is 0 Å². The molecule has 10 aromatic carbocycles. The van der Waals surface area contributed by atoms with Gasteiger partial charge in [0.05, 0.1) is 22.1 Å². The maximum atomic E-state index is 6.47.